The van der Waals surface area contributed by atoms with Crippen LogP contribution in [0.2, 0.25) is 0 Å². The Balaban J connectivity index is 1.62. The van der Waals surface area contributed by atoms with Crippen molar-refractivity contribution in [3.8, 4) is 0 Å². The monoisotopic (exact) mass is 291 g/mol. The third-order valence-electron chi connectivity index (χ3n) is 5.35. The lowest BCUT2D eigenvalue weighted by atomic mass is 9.59. The minimum Gasteiger partial charge on any atom is -0.359 e. The molecule has 2 amide bonds. The van der Waals surface area contributed by atoms with Crippen molar-refractivity contribution in [1.82, 2.24) is 10.1 Å². The van der Waals surface area contributed by atoms with Crippen molar-refractivity contribution in [2.24, 2.45) is 11.3 Å². The number of aromatic nitrogens is 1. The van der Waals surface area contributed by atoms with Crippen molar-refractivity contribution in [3.05, 3.63) is 11.8 Å². The third kappa shape index (κ3) is 2.65. The first-order valence-corrected chi connectivity index (χ1v) is 8.03. The van der Waals surface area contributed by atoms with Crippen molar-refractivity contribution < 1.29 is 9.32 Å². The average molecular weight is 291 g/mol. The molecule has 2 fully saturated rings. The van der Waals surface area contributed by atoms with Gasteiger partial charge in [0.15, 0.2) is 5.82 Å². The van der Waals surface area contributed by atoms with Crippen molar-refractivity contribution >= 4 is 11.8 Å². The molecule has 1 aromatic rings. The fourth-order valence-electron chi connectivity index (χ4n) is 3.53. The summed E-state index contributed by atoms with van der Waals surface area (Å²) in [6.07, 6.45) is 4.93. The number of nitrogens with zero attached hydrogens (tertiary/aromatic N) is 2. The van der Waals surface area contributed by atoms with Gasteiger partial charge in [0.25, 0.3) is 0 Å². The average Bonchev–Trinajstić information content (AvgIpc) is 2.86. The van der Waals surface area contributed by atoms with Crippen LogP contribution in [0.1, 0.15) is 58.1 Å². The maximum atomic E-state index is 12.4. The number of piperidine rings is 1. The molecule has 5 nitrogen and oxygen atoms in total. The van der Waals surface area contributed by atoms with Gasteiger partial charge >= 0.3 is 6.03 Å². The van der Waals surface area contributed by atoms with E-state index in [1.54, 1.807) is 0 Å². The molecular weight excluding hydrogens is 266 g/mol. The number of anilines is 1. The van der Waals surface area contributed by atoms with E-state index in [-0.39, 0.29) is 11.9 Å². The summed E-state index contributed by atoms with van der Waals surface area (Å²) in [5.74, 6) is 2.32. The Bertz CT molecular complexity index is 519. The summed E-state index contributed by atoms with van der Waals surface area (Å²) in [6.45, 7) is 8.14. The number of likely N-dealkylation sites (tertiary alicyclic amines) is 1. The molecule has 2 heterocycles. The molecule has 0 bridgehead atoms. The number of carbonyl (C=O) groups is 1. The fraction of sp³-hybridized carbons (Fsp3) is 0.750. The maximum absolute atomic E-state index is 12.4. The summed E-state index contributed by atoms with van der Waals surface area (Å²) in [5, 5.41) is 6.79. The first-order chi connectivity index (χ1) is 10.00. The van der Waals surface area contributed by atoms with E-state index in [1.165, 1.54) is 19.3 Å². The van der Waals surface area contributed by atoms with Gasteiger partial charge in [-0.2, -0.15) is 0 Å². The molecule has 116 valence electrons. The lowest BCUT2D eigenvalue weighted by Gasteiger charge is -2.52. The minimum absolute atomic E-state index is 0.0446. The summed E-state index contributed by atoms with van der Waals surface area (Å²) in [5.41, 5.74) is 0.377. The summed E-state index contributed by atoms with van der Waals surface area (Å²) in [4.78, 5) is 14.4. The van der Waals surface area contributed by atoms with E-state index in [9.17, 15) is 4.79 Å². The van der Waals surface area contributed by atoms with Crippen LogP contribution >= 0.6 is 0 Å². The summed E-state index contributed by atoms with van der Waals surface area (Å²) in [7, 11) is 0. The Morgan fingerprint density at radius 1 is 1.52 bits per heavy atom. The molecular formula is C16H25N3O2. The van der Waals surface area contributed by atoms with E-state index in [1.807, 2.05) is 24.8 Å². The lowest BCUT2D eigenvalue weighted by molar-refractivity contribution is -0.0108. The zero-order valence-corrected chi connectivity index (χ0v) is 13.2. The highest BCUT2D eigenvalue weighted by Gasteiger charge is 2.46. The highest BCUT2D eigenvalue weighted by atomic mass is 16.5. The van der Waals surface area contributed by atoms with Gasteiger partial charge in [0.2, 0.25) is 0 Å². The Kier molecular flexibility index (Phi) is 3.68. The summed E-state index contributed by atoms with van der Waals surface area (Å²) in [6, 6.07) is 1.77. The molecule has 1 unspecified atom stereocenters. The quantitative estimate of drug-likeness (QED) is 0.900. The van der Waals surface area contributed by atoms with Crippen LogP contribution in [-0.2, 0) is 0 Å². The van der Waals surface area contributed by atoms with Crippen molar-refractivity contribution in [2.75, 3.05) is 18.4 Å². The van der Waals surface area contributed by atoms with E-state index in [0.29, 0.717) is 11.2 Å². The predicted molar refractivity (Wildman–Crippen MR) is 81.2 cm³/mol. The van der Waals surface area contributed by atoms with Crippen LogP contribution in [0.4, 0.5) is 10.6 Å². The Labute approximate surface area is 126 Å². The SMILES string of the molecule is CC(C)c1cc(NC(=O)N2CCC(C)C3(CCC3)C2)no1. The normalized spacial score (nSPS) is 24.2. The molecule has 1 aliphatic carbocycles. The molecule has 0 radical (unpaired) electrons. The van der Waals surface area contributed by atoms with Crippen molar-refractivity contribution in [3.63, 3.8) is 0 Å². The van der Waals surface area contributed by atoms with Crippen molar-refractivity contribution in [1.29, 1.82) is 0 Å². The van der Waals surface area contributed by atoms with Crippen LogP contribution in [-0.4, -0.2) is 29.2 Å². The Hall–Kier alpha value is -1.52. The standard InChI is InChI=1S/C16H25N3O2/c1-11(2)13-9-14(18-21-13)17-15(20)19-8-5-12(3)16(10-19)6-4-7-16/h9,11-12H,4-8,10H2,1-3H3,(H,17,18,20). The molecule has 21 heavy (non-hydrogen) atoms. The number of nitrogens with one attached hydrogen (secondary N) is 1. The largest absolute Gasteiger partial charge is 0.359 e. The molecule has 1 N–H and O–H groups in total. The smallest absolute Gasteiger partial charge is 0.323 e. The van der Waals surface area contributed by atoms with Gasteiger partial charge in [0, 0.05) is 25.1 Å². The van der Waals surface area contributed by atoms with Crippen LogP contribution in [0.25, 0.3) is 0 Å². The fourth-order valence-corrected chi connectivity index (χ4v) is 3.53. The van der Waals surface area contributed by atoms with Gasteiger partial charge in [-0.25, -0.2) is 4.79 Å². The highest BCUT2D eigenvalue weighted by molar-refractivity contribution is 5.88. The molecule has 5 heteroatoms. The molecule has 0 aromatic carbocycles. The van der Waals surface area contributed by atoms with E-state index >= 15 is 0 Å². The van der Waals surface area contributed by atoms with Gasteiger partial charge in [-0.3, -0.25) is 5.32 Å². The molecule has 1 aromatic heterocycles. The highest BCUT2D eigenvalue weighted by Crippen LogP contribution is 2.50. The first kappa shape index (κ1) is 14.4. The number of hydrogen-bond donors (Lipinski definition) is 1. The van der Waals surface area contributed by atoms with E-state index in [0.717, 1.165) is 31.2 Å². The number of carbonyl (C=O) groups excluding carboxylic acids is 1. The molecule has 1 aliphatic heterocycles. The minimum atomic E-state index is -0.0446. The topological polar surface area (TPSA) is 58.4 Å². The number of hydrogen-bond acceptors (Lipinski definition) is 3. The lowest BCUT2D eigenvalue weighted by Crippen LogP contribution is -2.54. The zero-order valence-electron chi connectivity index (χ0n) is 13.2. The molecule has 1 atom stereocenters. The third-order valence-corrected chi connectivity index (χ3v) is 5.35. The van der Waals surface area contributed by atoms with Gasteiger partial charge in [0.05, 0.1) is 0 Å². The van der Waals surface area contributed by atoms with Crippen molar-refractivity contribution in [2.45, 2.75) is 52.4 Å². The molecule has 1 saturated carbocycles. The summed E-state index contributed by atoms with van der Waals surface area (Å²) >= 11 is 0. The first-order valence-electron chi connectivity index (χ1n) is 8.03. The van der Waals surface area contributed by atoms with Crippen LogP contribution < -0.4 is 5.32 Å². The second-order valence-electron chi connectivity index (χ2n) is 7.03. The van der Waals surface area contributed by atoms with Crippen LogP contribution in [0.15, 0.2) is 10.6 Å². The number of amides is 2. The van der Waals surface area contributed by atoms with Gasteiger partial charge in [0.1, 0.15) is 5.76 Å². The van der Waals surface area contributed by atoms with Gasteiger partial charge in [-0.05, 0) is 30.6 Å². The Morgan fingerprint density at radius 3 is 2.86 bits per heavy atom. The molecule has 3 rings (SSSR count). The molecule has 1 spiro atoms. The van der Waals surface area contributed by atoms with Gasteiger partial charge in [-0.1, -0.05) is 32.3 Å². The zero-order chi connectivity index (χ0) is 15.0. The predicted octanol–water partition coefficient (Wildman–Crippen LogP) is 3.84. The van der Waals surface area contributed by atoms with E-state index in [4.69, 9.17) is 4.52 Å². The molecule has 1 saturated heterocycles. The van der Waals surface area contributed by atoms with Crippen LogP contribution in [0, 0.1) is 11.3 Å². The van der Waals surface area contributed by atoms with E-state index in [2.05, 4.69) is 17.4 Å². The van der Waals surface area contributed by atoms with Gasteiger partial charge in [-0.15, -0.1) is 0 Å². The second kappa shape index (κ2) is 5.35. The summed E-state index contributed by atoms with van der Waals surface area (Å²) < 4.78 is 5.22. The van der Waals surface area contributed by atoms with Crippen LogP contribution in [0.3, 0.4) is 0 Å². The number of rotatable bonds is 2. The van der Waals surface area contributed by atoms with Gasteiger partial charge < -0.3 is 9.42 Å². The number of urea groups is 1. The second-order valence-corrected chi connectivity index (χ2v) is 7.03. The Morgan fingerprint density at radius 2 is 2.29 bits per heavy atom. The molecule has 2 aliphatic rings. The maximum Gasteiger partial charge on any atom is 0.323 e. The van der Waals surface area contributed by atoms with Crippen LogP contribution in [0.5, 0.6) is 0 Å². The van der Waals surface area contributed by atoms with E-state index < -0.39 is 0 Å².